The molecule has 0 N–H and O–H groups in total. The second-order valence-corrected chi connectivity index (χ2v) is 19.3. The van der Waals surface area contributed by atoms with Gasteiger partial charge in [-0.25, -0.2) is 0 Å². The molecule has 2 aromatic rings. The van der Waals surface area contributed by atoms with Crippen LogP contribution in [0.25, 0.3) is 0 Å². The fourth-order valence-corrected chi connectivity index (χ4v) is 16.9. The third-order valence-corrected chi connectivity index (χ3v) is 20.4. The van der Waals surface area contributed by atoms with Gasteiger partial charge in [0, 0.05) is 0 Å². The molecule has 0 aliphatic carbocycles. The predicted octanol–water partition coefficient (Wildman–Crippen LogP) is 4.86. The Morgan fingerprint density at radius 1 is 0.889 bits per heavy atom. The number of carbonyl (C=O) groups excluding carboxylic acids is 1. The zero-order valence-electron chi connectivity index (χ0n) is 17.9. The van der Waals surface area contributed by atoms with E-state index in [9.17, 15) is 4.79 Å². The van der Waals surface area contributed by atoms with E-state index in [1.165, 1.54) is 10.4 Å². The maximum atomic E-state index is 13.5. The van der Waals surface area contributed by atoms with Gasteiger partial charge in [0.15, 0.2) is 0 Å². The van der Waals surface area contributed by atoms with Gasteiger partial charge in [-0.2, -0.15) is 0 Å². The van der Waals surface area contributed by atoms with Crippen molar-refractivity contribution in [2.75, 3.05) is 6.61 Å². The fraction of sp³-hybridized carbons (Fsp3) is 0.435. The number of esters is 1. The first kappa shape index (κ1) is 21.6. The standard InChI is InChI=1S/C23H34O2Si2/c1-8-25-21(24)22(26(5,6)23(2,3)4)27(7,19-15-11-9-12-16-19)20-17-13-10-14-18-20/h9-18,22H,8H2,1-7H3. The van der Waals surface area contributed by atoms with Gasteiger partial charge in [-0.1, -0.05) is 111 Å². The Morgan fingerprint density at radius 3 is 1.63 bits per heavy atom. The molecule has 0 saturated heterocycles. The first-order chi connectivity index (χ1) is 12.6. The van der Waals surface area contributed by atoms with Gasteiger partial charge in [0.25, 0.3) is 0 Å². The highest BCUT2D eigenvalue weighted by Gasteiger charge is 2.57. The van der Waals surface area contributed by atoms with Crippen molar-refractivity contribution in [1.29, 1.82) is 0 Å². The molecular formula is C23H34O2Si2. The van der Waals surface area contributed by atoms with Crippen LogP contribution in [-0.4, -0.2) is 28.7 Å². The van der Waals surface area contributed by atoms with Gasteiger partial charge in [0.2, 0.25) is 0 Å². The summed E-state index contributed by atoms with van der Waals surface area (Å²) in [6, 6.07) is 21.3. The van der Waals surface area contributed by atoms with Gasteiger partial charge in [-0.15, -0.1) is 0 Å². The largest absolute Gasteiger partial charge is 0.466 e. The molecule has 0 amide bonds. The molecule has 4 heteroatoms. The Kier molecular flexibility index (Phi) is 6.53. The summed E-state index contributed by atoms with van der Waals surface area (Å²) in [5, 5.41) is 2.63. The monoisotopic (exact) mass is 398 g/mol. The second-order valence-electron chi connectivity index (χ2n) is 9.09. The summed E-state index contributed by atoms with van der Waals surface area (Å²) in [4.78, 5) is 13.5. The summed E-state index contributed by atoms with van der Waals surface area (Å²) in [7, 11) is -4.44. The molecule has 146 valence electrons. The van der Waals surface area contributed by atoms with Gasteiger partial charge in [-0.3, -0.25) is 4.79 Å². The van der Waals surface area contributed by atoms with E-state index in [1.807, 2.05) is 6.92 Å². The molecule has 0 saturated carbocycles. The maximum Gasteiger partial charge on any atom is 0.304 e. The Hall–Kier alpha value is -1.66. The second kappa shape index (κ2) is 8.15. The molecule has 1 unspecified atom stereocenters. The zero-order valence-corrected chi connectivity index (χ0v) is 19.9. The molecule has 0 fully saturated rings. The van der Waals surface area contributed by atoms with Crippen molar-refractivity contribution in [1.82, 2.24) is 0 Å². The van der Waals surface area contributed by atoms with Crippen molar-refractivity contribution in [2.45, 2.75) is 57.5 Å². The highest BCUT2D eigenvalue weighted by Crippen LogP contribution is 2.47. The van der Waals surface area contributed by atoms with Crippen molar-refractivity contribution in [3.05, 3.63) is 60.7 Å². The Balaban J connectivity index is 2.81. The minimum atomic E-state index is -2.39. The lowest BCUT2D eigenvalue weighted by Gasteiger charge is -2.49. The van der Waals surface area contributed by atoms with Crippen LogP contribution in [0.4, 0.5) is 0 Å². The van der Waals surface area contributed by atoms with E-state index in [0.717, 1.165) is 0 Å². The first-order valence-corrected chi connectivity index (χ1v) is 15.5. The molecule has 1 atom stereocenters. The van der Waals surface area contributed by atoms with Crippen LogP contribution in [0.2, 0.25) is 29.8 Å². The van der Waals surface area contributed by atoms with Crippen LogP contribution in [0.5, 0.6) is 0 Å². The molecule has 27 heavy (non-hydrogen) atoms. The van der Waals surface area contributed by atoms with E-state index >= 15 is 0 Å². The van der Waals surface area contributed by atoms with Gasteiger partial charge in [-0.05, 0) is 12.0 Å². The Morgan fingerprint density at radius 2 is 1.30 bits per heavy atom. The van der Waals surface area contributed by atoms with E-state index in [1.54, 1.807) is 0 Å². The van der Waals surface area contributed by atoms with Crippen LogP contribution < -0.4 is 10.4 Å². The first-order valence-electron chi connectivity index (χ1n) is 9.84. The number of hydrogen-bond acceptors (Lipinski definition) is 2. The van der Waals surface area contributed by atoms with Crippen LogP contribution in [0.3, 0.4) is 0 Å². The average molecular weight is 399 g/mol. The van der Waals surface area contributed by atoms with Crippen molar-refractivity contribution >= 4 is 32.5 Å². The third kappa shape index (κ3) is 4.12. The lowest BCUT2D eigenvalue weighted by atomic mass is 10.2. The number of carbonyl (C=O) groups is 1. The number of benzene rings is 2. The molecule has 0 bridgehead atoms. The van der Waals surface area contributed by atoms with E-state index in [0.29, 0.717) is 6.61 Å². The van der Waals surface area contributed by atoms with Gasteiger partial charge >= 0.3 is 5.97 Å². The van der Waals surface area contributed by atoms with Crippen LogP contribution in [0.15, 0.2) is 60.7 Å². The summed E-state index contributed by atoms with van der Waals surface area (Å²) >= 11 is 0. The summed E-state index contributed by atoms with van der Waals surface area (Å²) in [5.41, 5.74) is 0. The van der Waals surface area contributed by atoms with Crippen molar-refractivity contribution in [3.63, 3.8) is 0 Å². The van der Waals surface area contributed by atoms with Gasteiger partial charge < -0.3 is 4.74 Å². The Bertz CT molecular complexity index is 709. The molecule has 0 aliphatic heterocycles. The molecule has 2 nitrogen and oxygen atoms in total. The van der Waals surface area contributed by atoms with Crippen LogP contribution in [0.1, 0.15) is 27.7 Å². The maximum absolute atomic E-state index is 13.5. The van der Waals surface area contributed by atoms with Crippen molar-refractivity contribution in [2.24, 2.45) is 0 Å². The smallest absolute Gasteiger partial charge is 0.304 e. The molecule has 0 aliphatic rings. The van der Waals surface area contributed by atoms with Crippen molar-refractivity contribution < 1.29 is 9.53 Å². The SMILES string of the molecule is CCOC(=O)C([Si](C)(c1ccccc1)c1ccccc1)[Si](C)(C)C(C)(C)C. The van der Waals surface area contributed by atoms with E-state index in [2.05, 4.69) is 101 Å². The topological polar surface area (TPSA) is 26.3 Å². The molecule has 0 aromatic heterocycles. The van der Waals surface area contributed by atoms with Crippen LogP contribution >= 0.6 is 0 Å². The molecule has 0 spiro atoms. The van der Waals surface area contributed by atoms with Gasteiger partial charge in [0.1, 0.15) is 8.07 Å². The number of hydrogen-bond donors (Lipinski definition) is 0. The van der Waals surface area contributed by atoms with E-state index < -0.39 is 16.1 Å². The van der Waals surface area contributed by atoms with Crippen LogP contribution in [0, 0.1) is 0 Å². The quantitative estimate of drug-likeness (QED) is 0.513. The summed E-state index contributed by atoms with van der Waals surface area (Å²) in [6.07, 6.45) is 0. The molecule has 0 heterocycles. The highest BCUT2D eigenvalue weighted by molar-refractivity contribution is 7.14. The normalized spacial score (nSPS) is 13.9. The predicted molar refractivity (Wildman–Crippen MR) is 121 cm³/mol. The van der Waals surface area contributed by atoms with Gasteiger partial charge in [0.05, 0.1) is 19.8 Å². The minimum absolute atomic E-state index is 0.00837. The highest BCUT2D eigenvalue weighted by atomic mass is 28.4. The number of ether oxygens (including phenoxy) is 1. The number of rotatable bonds is 6. The van der Waals surface area contributed by atoms with Crippen LogP contribution in [-0.2, 0) is 9.53 Å². The van der Waals surface area contributed by atoms with E-state index in [-0.39, 0.29) is 16.2 Å². The van der Waals surface area contributed by atoms with E-state index in [4.69, 9.17) is 4.74 Å². The average Bonchev–Trinajstić information content (AvgIpc) is 2.62. The summed E-state index contributed by atoms with van der Waals surface area (Å²) < 4.78 is 5.71. The van der Waals surface area contributed by atoms with Crippen molar-refractivity contribution in [3.8, 4) is 0 Å². The lowest BCUT2D eigenvalue weighted by Crippen LogP contribution is -2.68. The molecule has 2 rings (SSSR count). The molecule has 2 aromatic carbocycles. The zero-order chi connectivity index (χ0) is 20.3. The minimum Gasteiger partial charge on any atom is -0.466 e. The Labute approximate surface area is 167 Å². The lowest BCUT2D eigenvalue weighted by molar-refractivity contribution is -0.141. The molecule has 0 radical (unpaired) electrons. The summed E-state index contributed by atoms with van der Waals surface area (Å²) in [6.45, 7) is 16.3. The molecular weight excluding hydrogens is 364 g/mol. The fourth-order valence-electron chi connectivity index (χ4n) is 3.98. The third-order valence-electron chi connectivity index (χ3n) is 6.50. The summed E-state index contributed by atoms with van der Waals surface area (Å²) in [5.74, 6) is -0.00837.